The summed E-state index contributed by atoms with van der Waals surface area (Å²) < 4.78 is 24.1. The van der Waals surface area contributed by atoms with Crippen LogP contribution < -0.4 is 0 Å². The zero-order chi connectivity index (χ0) is 10.9. The van der Waals surface area contributed by atoms with Crippen molar-refractivity contribution in [3.8, 4) is 0 Å². The highest BCUT2D eigenvalue weighted by atomic mass is 35.7. The van der Waals surface area contributed by atoms with Crippen molar-refractivity contribution < 1.29 is 8.42 Å². The second-order valence-electron chi connectivity index (χ2n) is 3.89. The molecule has 0 unspecified atom stereocenters. The number of hydrogen-bond donors (Lipinski definition) is 0. The van der Waals surface area contributed by atoms with Gasteiger partial charge in [0.05, 0.1) is 11.3 Å². The lowest BCUT2D eigenvalue weighted by molar-refractivity contribution is 0.330. The smallest absolute Gasteiger partial charge is 0.235 e. The van der Waals surface area contributed by atoms with E-state index >= 15 is 0 Å². The maximum atomic E-state index is 11.1. The van der Waals surface area contributed by atoms with Crippen LogP contribution in [0.15, 0.2) is 18.5 Å². The van der Waals surface area contributed by atoms with Gasteiger partial charge in [-0.05, 0) is 31.7 Å². The van der Waals surface area contributed by atoms with Crippen molar-refractivity contribution in [1.82, 2.24) is 9.78 Å². The standard InChI is InChI=1S/C9H13ClN2O2S/c10-15(13,14)9-4-2-8(3-5-9)12-7-1-6-11-12/h1,6-9H,2-5H2. The molecule has 0 spiro atoms. The molecule has 4 nitrogen and oxygen atoms in total. The first-order valence-corrected chi connectivity index (χ1v) is 7.37. The topological polar surface area (TPSA) is 52.0 Å². The third-order valence-corrected chi connectivity index (χ3v) is 4.96. The fourth-order valence-electron chi connectivity index (χ4n) is 2.09. The summed E-state index contributed by atoms with van der Waals surface area (Å²) in [5.74, 6) is 0. The molecule has 15 heavy (non-hydrogen) atoms. The third kappa shape index (κ3) is 2.52. The maximum absolute atomic E-state index is 11.1. The van der Waals surface area contributed by atoms with E-state index in [0.717, 1.165) is 12.8 Å². The van der Waals surface area contributed by atoms with Gasteiger partial charge >= 0.3 is 0 Å². The molecule has 1 fully saturated rings. The second kappa shape index (κ2) is 4.14. The van der Waals surface area contributed by atoms with Crippen molar-refractivity contribution >= 4 is 19.7 Å². The van der Waals surface area contributed by atoms with Crippen LogP contribution in [0.2, 0.25) is 0 Å². The van der Waals surface area contributed by atoms with Crippen molar-refractivity contribution in [3.63, 3.8) is 0 Å². The Morgan fingerprint density at radius 3 is 2.40 bits per heavy atom. The highest BCUT2D eigenvalue weighted by molar-refractivity contribution is 8.14. The Morgan fingerprint density at radius 2 is 1.93 bits per heavy atom. The lowest BCUT2D eigenvalue weighted by Gasteiger charge is -2.26. The Bertz CT molecular complexity index is 407. The zero-order valence-corrected chi connectivity index (χ0v) is 9.78. The SMILES string of the molecule is O=S(=O)(Cl)C1CCC(n2cccn2)CC1. The highest BCUT2D eigenvalue weighted by Gasteiger charge is 2.30. The number of hydrogen-bond acceptors (Lipinski definition) is 3. The van der Waals surface area contributed by atoms with Gasteiger partial charge in [-0.15, -0.1) is 0 Å². The van der Waals surface area contributed by atoms with Crippen LogP contribution in [0, 0.1) is 0 Å². The van der Waals surface area contributed by atoms with E-state index in [-0.39, 0.29) is 5.25 Å². The summed E-state index contributed by atoms with van der Waals surface area (Å²) in [6.45, 7) is 0. The summed E-state index contributed by atoms with van der Waals surface area (Å²) in [6, 6.07) is 2.21. The minimum absolute atomic E-state index is 0.328. The largest absolute Gasteiger partial charge is 0.270 e. The van der Waals surface area contributed by atoms with Gasteiger partial charge in [0.2, 0.25) is 9.05 Å². The van der Waals surface area contributed by atoms with Gasteiger partial charge in [0.25, 0.3) is 0 Å². The van der Waals surface area contributed by atoms with Crippen molar-refractivity contribution in [2.45, 2.75) is 37.0 Å². The first-order valence-electron chi connectivity index (χ1n) is 5.00. The Morgan fingerprint density at radius 1 is 1.27 bits per heavy atom. The molecule has 1 saturated carbocycles. The normalized spacial score (nSPS) is 27.8. The van der Waals surface area contributed by atoms with Crippen LogP contribution in [-0.4, -0.2) is 23.4 Å². The number of nitrogens with zero attached hydrogens (tertiary/aromatic N) is 2. The summed E-state index contributed by atoms with van der Waals surface area (Å²) in [7, 11) is 1.96. The predicted octanol–water partition coefficient (Wildman–Crippen LogP) is 1.94. The minimum Gasteiger partial charge on any atom is -0.270 e. The number of halogens is 1. The summed E-state index contributed by atoms with van der Waals surface area (Å²) in [6.07, 6.45) is 6.59. The number of rotatable bonds is 2. The quantitative estimate of drug-likeness (QED) is 0.752. The van der Waals surface area contributed by atoms with E-state index in [9.17, 15) is 8.42 Å². The van der Waals surface area contributed by atoms with E-state index < -0.39 is 9.05 Å². The molecule has 1 aliphatic carbocycles. The molecule has 0 saturated heterocycles. The molecule has 0 aliphatic heterocycles. The van der Waals surface area contributed by atoms with Gasteiger partial charge < -0.3 is 0 Å². The van der Waals surface area contributed by atoms with E-state index in [4.69, 9.17) is 10.7 Å². The first kappa shape index (κ1) is 11.0. The van der Waals surface area contributed by atoms with E-state index in [2.05, 4.69) is 5.10 Å². The van der Waals surface area contributed by atoms with Crippen molar-refractivity contribution in [2.75, 3.05) is 0 Å². The van der Waals surface area contributed by atoms with Crippen molar-refractivity contribution in [1.29, 1.82) is 0 Å². The zero-order valence-electron chi connectivity index (χ0n) is 8.21. The molecule has 0 radical (unpaired) electrons. The average Bonchev–Trinajstić information content (AvgIpc) is 2.69. The van der Waals surface area contributed by atoms with Crippen LogP contribution in [0.25, 0.3) is 0 Å². The molecule has 0 N–H and O–H groups in total. The summed E-state index contributed by atoms with van der Waals surface area (Å²) in [4.78, 5) is 0. The Balaban J connectivity index is 1.99. The van der Waals surface area contributed by atoms with E-state index in [1.54, 1.807) is 6.20 Å². The van der Waals surface area contributed by atoms with Gasteiger partial charge in [-0.2, -0.15) is 5.10 Å². The molecule has 0 aromatic carbocycles. The Labute approximate surface area is 93.7 Å². The van der Waals surface area contributed by atoms with Crippen LogP contribution in [-0.2, 0) is 9.05 Å². The lowest BCUT2D eigenvalue weighted by atomic mass is 9.95. The predicted molar refractivity (Wildman–Crippen MR) is 58.3 cm³/mol. The van der Waals surface area contributed by atoms with Crippen molar-refractivity contribution in [3.05, 3.63) is 18.5 Å². The third-order valence-electron chi connectivity index (χ3n) is 2.94. The van der Waals surface area contributed by atoms with Gasteiger partial charge in [-0.3, -0.25) is 4.68 Å². The van der Waals surface area contributed by atoms with Crippen molar-refractivity contribution in [2.24, 2.45) is 0 Å². The Kier molecular flexibility index (Phi) is 3.02. The number of aromatic nitrogens is 2. The van der Waals surface area contributed by atoms with Crippen LogP contribution in [0.3, 0.4) is 0 Å². The molecule has 1 aromatic heterocycles. The van der Waals surface area contributed by atoms with Gasteiger partial charge in [0.1, 0.15) is 0 Å². The summed E-state index contributed by atoms with van der Waals surface area (Å²) in [5.41, 5.74) is 0. The second-order valence-corrected chi connectivity index (χ2v) is 6.80. The molecular weight excluding hydrogens is 236 g/mol. The lowest BCUT2D eigenvalue weighted by Crippen LogP contribution is -2.25. The molecule has 1 heterocycles. The van der Waals surface area contributed by atoms with E-state index in [0.29, 0.717) is 18.9 Å². The molecule has 6 heteroatoms. The fraction of sp³-hybridized carbons (Fsp3) is 0.667. The van der Waals surface area contributed by atoms with Crippen LogP contribution >= 0.6 is 10.7 Å². The molecule has 0 bridgehead atoms. The van der Waals surface area contributed by atoms with E-state index in [1.165, 1.54) is 0 Å². The summed E-state index contributed by atoms with van der Waals surface area (Å²) >= 11 is 0. The molecule has 0 atom stereocenters. The fourth-order valence-corrected chi connectivity index (χ4v) is 3.46. The molecule has 84 valence electrons. The van der Waals surface area contributed by atoms with Gasteiger partial charge in [0.15, 0.2) is 0 Å². The maximum Gasteiger partial charge on any atom is 0.235 e. The monoisotopic (exact) mass is 248 g/mol. The Hall–Kier alpha value is -0.550. The molecular formula is C9H13ClN2O2S. The summed E-state index contributed by atoms with van der Waals surface area (Å²) in [5, 5.41) is 3.79. The van der Waals surface area contributed by atoms with E-state index in [1.807, 2.05) is 16.9 Å². The molecule has 1 aliphatic rings. The highest BCUT2D eigenvalue weighted by Crippen LogP contribution is 2.32. The van der Waals surface area contributed by atoms with Gasteiger partial charge in [-0.25, -0.2) is 8.42 Å². The minimum atomic E-state index is -3.38. The molecule has 1 aromatic rings. The first-order chi connectivity index (χ1) is 7.07. The van der Waals surface area contributed by atoms with Crippen LogP contribution in [0.4, 0.5) is 0 Å². The van der Waals surface area contributed by atoms with Gasteiger partial charge in [0, 0.05) is 23.1 Å². The molecule has 2 rings (SSSR count). The molecule has 0 amide bonds. The average molecular weight is 249 g/mol. The van der Waals surface area contributed by atoms with Crippen LogP contribution in [0.5, 0.6) is 0 Å². The van der Waals surface area contributed by atoms with Crippen LogP contribution in [0.1, 0.15) is 31.7 Å². The van der Waals surface area contributed by atoms with Gasteiger partial charge in [-0.1, -0.05) is 0 Å².